The summed E-state index contributed by atoms with van der Waals surface area (Å²) in [6.07, 6.45) is 0. The zero-order valence-electron chi connectivity index (χ0n) is 19.6. The Kier molecular flexibility index (Phi) is 6.59. The molecule has 180 valence electrons. The van der Waals surface area contributed by atoms with Crippen LogP contribution < -0.4 is 16.0 Å². The number of nitrogens with zero attached hydrogens (tertiary/aromatic N) is 1. The Balaban J connectivity index is 1.29. The quantitative estimate of drug-likeness (QED) is 0.226. The van der Waals surface area contributed by atoms with Gasteiger partial charge >= 0.3 is 6.03 Å². The van der Waals surface area contributed by atoms with Gasteiger partial charge in [0.05, 0.1) is 27.0 Å². The molecule has 0 saturated carbocycles. The number of thiazole rings is 1. The van der Waals surface area contributed by atoms with E-state index in [1.165, 1.54) is 11.3 Å². The average molecular weight is 515 g/mol. The van der Waals surface area contributed by atoms with Crippen molar-refractivity contribution in [2.75, 3.05) is 10.6 Å². The molecule has 1 unspecified atom stereocenters. The Morgan fingerprint density at radius 3 is 2.56 bits per heavy atom. The van der Waals surface area contributed by atoms with Crippen LogP contribution in [0.3, 0.4) is 0 Å². The van der Waals surface area contributed by atoms with Gasteiger partial charge in [0.25, 0.3) is 5.91 Å². The van der Waals surface area contributed by atoms with Gasteiger partial charge in [-0.05, 0) is 60.0 Å². The number of para-hydroxylation sites is 1. The van der Waals surface area contributed by atoms with Crippen molar-refractivity contribution in [3.8, 4) is 0 Å². The summed E-state index contributed by atoms with van der Waals surface area (Å²) in [5.41, 5.74) is 3.68. The van der Waals surface area contributed by atoms with E-state index in [2.05, 4.69) is 39.1 Å². The van der Waals surface area contributed by atoms with Crippen LogP contribution in [0.2, 0.25) is 5.02 Å². The molecule has 0 aliphatic carbocycles. The molecule has 1 heterocycles. The number of anilines is 2. The minimum Gasteiger partial charge on any atom is -0.331 e. The average Bonchev–Trinajstić information content (AvgIpc) is 3.27. The number of urea groups is 1. The Morgan fingerprint density at radius 1 is 0.944 bits per heavy atom. The maximum Gasteiger partial charge on any atom is 0.321 e. The summed E-state index contributed by atoms with van der Waals surface area (Å²) < 4.78 is 0.788. The van der Waals surface area contributed by atoms with Gasteiger partial charge < -0.3 is 10.6 Å². The van der Waals surface area contributed by atoms with Crippen molar-refractivity contribution in [2.45, 2.75) is 19.9 Å². The Labute approximate surface area is 217 Å². The van der Waals surface area contributed by atoms with Crippen LogP contribution in [0, 0.1) is 6.92 Å². The van der Waals surface area contributed by atoms with E-state index >= 15 is 0 Å². The van der Waals surface area contributed by atoms with E-state index in [1.807, 2.05) is 50.2 Å². The second-order valence-corrected chi connectivity index (χ2v) is 9.91. The van der Waals surface area contributed by atoms with Crippen LogP contribution in [-0.2, 0) is 0 Å². The van der Waals surface area contributed by atoms with Crippen LogP contribution in [-0.4, -0.2) is 16.9 Å². The molecule has 0 aliphatic heterocycles. The molecule has 5 aromatic rings. The van der Waals surface area contributed by atoms with E-state index < -0.39 is 0 Å². The lowest BCUT2D eigenvalue weighted by Gasteiger charge is -2.16. The number of amides is 3. The minimum absolute atomic E-state index is 0.200. The van der Waals surface area contributed by atoms with Gasteiger partial charge in [-0.3, -0.25) is 10.1 Å². The van der Waals surface area contributed by atoms with Crippen LogP contribution in [0.25, 0.3) is 21.0 Å². The number of fused-ring (bicyclic) bond motifs is 2. The lowest BCUT2D eigenvalue weighted by atomic mass is 10.00. The number of carbonyl (C=O) groups is 2. The molecule has 0 radical (unpaired) electrons. The fourth-order valence-corrected chi connectivity index (χ4v) is 5.30. The smallest absolute Gasteiger partial charge is 0.321 e. The van der Waals surface area contributed by atoms with Gasteiger partial charge in [0, 0.05) is 5.56 Å². The van der Waals surface area contributed by atoms with Crippen LogP contribution in [0.5, 0.6) is 0 Å². The monoisotopic (exact) mass is 514 g/mol. The van der Waals surface area contributed by atoms with Gasteiger partial charge in [0.2, 0.25) is 0 Å². The lowest BCUT2D eigenvalue weighted by molar-refractivity contribution is 0.102. The number of nitrogens with one attached hydrogen (secondary N) is 3. The maximum atomic E-state index is 12.8. The molecular formula is C28H23ClN4O2S. The molecule has 0 spiro atoms. The standard InChI is InChI=1S/C28H23ClN4O2S/c1-16-7-5-12-22(29)25(16)32-26(34)19-13-14-23-24(15-19)36-28(31-23)33-27(35)30-17(2)20-11-6-9-18-8-3-4-10-21(18)20/h3-15,17H,1-2H3,(H,32,34)(H2,30,31,33,35). The van der Waals surface area contributed by atoms with Crippen LogP contribution >= 0.6 is 22.9 Å². The summed E-state index contributed by atoms with van der Waals surface area (Å²) in [4.78, 5) is 30.0. The summed E-state index contributed by atoms with van der Waals surface area (Å²) in [7, 11) is 0. The SMILES string of the molecule is Cc1cccc(Cl)c1NC(=O)c1ccc2nc(NC(=O)NC(C)c3cccc4ccccc34)sc2c1. The van der Waals surface area contributed by atoms with Gasteiger partial charge in [0.15, 0.2) is 5.13 Å². The first kappa shape index (κ1) is 23.8. The molecular weight excluding hydrogens is 492 g/mol. The fraction of sp³-hybridized carbons (Fsp3) is 0.107. The first-order valence-corrected chi connectivity index (χ1v) is 12.6. The third-order valence-corrected chi connectivity index (χ3v) is 7.22. The molecule has 0 fully saturated rings. The highest BCUT2D eigenvalue weighted by Crippen LogP contribution is 2.29. The maximum absolute atomic E-state index is 12.8. The van der Waals surface area contributed by atoms with Crippen molar-refractivity contribution in [1.82, 2.24) is 10.3 Å². The number of benzene rings is 4. The molecule has 3 N–H and O–H groups in total. The van der Waals surface area contributed by atoms with E-state index in [1.54, 1.807) is 24.3 Å². The fourth-order valence-electron chi connectivity index (χ4n) is 4.13. The van der Waals surface area contributed by atoms with Crippen molar-refractivity contribution in [1.29, 1.82) is 0 Å². The van der Waals surface area contributed by atoms with E-state index in [9.17, 15) is 9.59 Å². The van der Waals surface area contributed by atoms with Crippen molar-refractivity contribution < 1.29 is 9.59 Å². The van der Waals surface area contributed by atoms with Crippen LogP contribution in [0.1, 0.15) is 34.5 Å². The molecule has 5 rings (SSSR count). The molecule has 6 nitrogen and oxygen atoms in total. The molecule has 3 amide bonds. The number of rotatable bonds is 5. The Bertz CT molecular complexity index is 1590. The molecule has 1 aromatic heterocycles. The molecule has 0 saturated heterocycles. The third kappa shape index (κ3) is 4.89. The second-order valence-electron chi connectivity index (χ2n) is 8.48. The van der Waals surface area contributed by atoms with Gasteiger partial charge in [-0.25, -0.2) is 9.78 Å². The van der Waals surface area contributed by atoms with Crippen molar-refractivity contribution in [3.05, 3.63) is 101 Å². The zero-order chi connectivity index (χ0) is 25.2. The van der Waals surface area contributed by atoms with E-state index in [4.69, 9.17) is 11.6 Å². The molecule has 0 aliphatic rings. The van der Waals surface area contributed by atoms with Crippen molar-refractivity contribution in [2.24, 2.45) is 0 Å². The highest BCUT2D eigenvalue weighted by molar-refractivity contribution is 7.22. The topological polar surface area (TPSA) is 83.1 Å². The number of aromatic nitrogens is 1. The molecule has 1 atom stereocenters. The van der Waals surface area contributed by atoms with E-state index in [0.29, 0.717) is 26.9 Å². The van der Waals surface area contributed by atoms with Gasteiger partial charge in [-0.15, -0.1) is 0 Å². The first-order valence-electron chi connectivity index (χ1n) is 11.4. The predicted octanol–water partition coefficient (Wildman–Crippen LogP) is 7.55. The van der Waals surface area contributed by atoms with Gasteiger partial charge in [-0.2, -0.15) is 0 Å². The number of halogens is 1. The predicted molar refractivity (Wildman–Crippen MR) is 148 cm³/mol. The number of carbonyl (C=O) groups excluding carboxylic acids is 2. The van der Waals surface area contributed by atoms with Gasteiger partial charge in [-0.1, -0.05) is 77.5 Å². The summed E-state index contributed by atoms with van der Waals surface area (Å²) in [5.74, 6) is -0.266. The highest BCUT2D eigenvalue weighted by atomic mass is 35.5. The number of hydrogen-bond donors (Lipinski definition) is 3. The minimum atomic E-state index is -0.346. The zero-order valence-corrected chi connectivity index (χ0v) is 21.2. The largest absolute Gasteiger partial charge is 0.331 e. The molecule has 4 aromatic carbocycles. The highest BCUT2D eigenvalue weighted by Gasteiger charge is 2.16. The molecule has 8 heteroatoms. The van der Waals surface area contributed by atoms with Crippen LogP contribution in [0.15, 0.2) is 78.9 Å². The Hall–Kier alpha value is -3.94. The number of hydrogen-bond acceptors (Lipinski definition) is 4. The van der Waals surface area contributed by atoms with Crippen molar-refractivity contribution >= 4 is 66.7 Å². The summed E-state index contributed by atoms with van der Waals surface area (Å²) in [6.45, 7) is 3.84. The molecule has 0 bridgehead atoms. The van der Waals surface area contributed by atoms with Crippen LogP contribution in [0.4, 0.5) is 15.6 Å². The van der Waals surface area contributed by atoms with Gasteiger partial charge in [0.1, 0.15) is 0 Å². The summed E-state index contributed by atoms with van der Waals surface area (Å²) >= 11 is 7.55. The summed E-state index contributed by atoms with van der Waals surface area (Å²) in [6, 6.07) is 24.3. The third-order valence-electron chi connectivity index (χ3n) is 5.97. The first-order chi connectivity index (χ1) is 17.4. The summed E-state index contributed by atoms with van der Waals surface area (Å²) in [5, 5.41) is 11.9. The second kappa shape index (κ2) is 9.97. The van der Waals surface area contributed by atoms with Crippen molar-refractivity contribution in [3.63, 3.8) is 0 Å². The van der Waals surface area contributed by atoms with E-state index in [-0.39, 0.29) is 18.0 Å². The van der Waals surface area contributed by atoms with E-state index in [0.717, 1.165) is 26.6 Å². The normalized spacial score (nSPS) is 11.9. The molecule has 36 heavy (non-hydrogen) atoms. The lowest BCUT2D eigenvalue weighted by Crippen LogP contribution is -2.31. The number of aryl methyl sites for hydroxylation is 1. The Morgan fingerprint density at radius 2 is 1.72 bits per heavy atom.